The lowest BCUT2D eigenvalue weighted by Crippen LogP contribution is -2.05. The van der Waals surface area contributed by atoms with E-state index in [2.05, 4.69) is 20.8 Å². The monoisotopic (exact) mass is 196 g/mol. The summed E-state index contributed by atoms with van der Waals surface area (Å²) in [5.74, 6) is 0.917. The van der Waals surface area contributed by atoms with Crippen molar-refractivity contribution in [3.8, 4) is 0 Å². The van der Waals surface area contributed by atoms with Gasteiger partial charge in [0.05, 0.1) is 0 Å². The van der Waals surface area contributed by atoms with Crippen LogP contribution in [0.3, 0.4) is 0 Å². The number of Topliss-reactive ketones (excluding diaryl/α,β-unsaturated/α-hetero) is 1. The minimum atomic E-state index is 0.334. The van der Waals surface area contributed by atoms with Crippen molar-refractivity contribution >= 4 is 5.78 Å². The first-order valence-corrected chi connectivity index (χ1v) is 6.10. The van der Waals surface area contributed by atoms with Crippen molar-refractivity contribution in [3.05, 3.63) is 0 Å². The zero-order valence-corrected chi connectivity index (χ0v) is 9.94. The Labute approximate surface area is 88.3 Å². The van der Waals surface area contributed by atoms with Crippen molar-refractivity contribution in [2.24, 2.45) is 11.3 Å². The molecule has 0 aromatic heterocycles. The first-order valence-electron chi connectivity index (χ1n) is 6.10. The lowest BCUT2D eigenvalue weighted by molar-refractivity contribution is -0.121. The van der Waals surface area contributed by atoms with E-state index in [-0.39, 0.29) is 0 Å². The highest BCUT2D eigenvalue weighted by Gasteiger charge is 2.49. The SMILES string of the molecule is CCCCCCCC(=O)C1CC1(C)C. The standard InChI is InChI=1S/C13H24O/c1-4-5-6-7-8-9-12(14)11-10-13(11,2)3/h11H,4-10H2,1-3H3. The summed E-state index contributed by atoms with van der Waals surface area (Å²) in [6.07, 6.45) is 8.22. The van der Waals surface area contributed by atoms with Crippen LogP contribution in [0.5, 0.6) is 0 Å². The molecule has 82 valence electrons. The summed E-state index contributed by atoms with van der Waals surface area (Å²) in [5, 5.41) is 0. The summed E-state index contributed by atoms with van der Waals surface area (Å²) in [7, 11) is 0. The average Bonchev–Trinajstić information content (AvgIpc) is 2.75. The summed E-state index contributed by atoms with van der Waals surface area (Å²) in [5.41, 5.74) is 0.334. The van der Waals surface area contributed by atoms with Crippen LogP contribution >= 0.6 is 0 Å². The van der Waals surface area contributed by atoms with Crippen LogP contribution in [-0.4, -0.2) is 5.78 Å². The van der Waals surface area contributed by atoms with E-state index < -0.39 is 0 Å². The second-order valence-corrected chi connectivity index (χ2v) is 5.38. The third-order valence-electron chi connectivity index (χ3n) is 3.43. The molecular formula is C13H24O. The van der Waals surface area contributed by atoms with Gasteiger partial charge < -0.3 is 0 Å². The number of carbonyl (C=O) groups is 1. The van der Waals surface area contributed by atoms with Crippen molar-refractivity contribution < 1.29 is 4.79 Å². The van der Waals surface area contributed by atoms with Gasteiger partial charge in [-0.25, -0.2) is 0 Å². The Hall–Kier alpha value is -0.330. The molecule has 1 aliphatic rings. The number of unbranched alkanes of at least 4 members (excludes halogenated alkanes) is 4. The van der Waals surface area contributed by atoms with E-state index in [1.54, 1.807) is 0 Å². The fourth-order valence-corrected chi connectivity index (χ4v) is 2.09. The minimum Gasteiger partial charge on any atom is -0.299 e. The Morgan fingerprint density at radius 3 is 2.29 bits per heavy atom. The smallest absolute Gasteiger partial charge is 0.136 e. The molecule has 0 N–H and O–H groups in total. The van der Waals surface area contributed by atoms with Crippen molar-refractivity contribution in [2.75, 3.05) is 0 Å². The summed E-state index contributed by atoms with van der Waals surface area (Å²) < 4.78 is 0. The third-order valence-corrected chi connectivity index (χ3v) is 3.43. The Morgan fingerprint density at radius 1 is 1.21 bits per heavy atom. The molecule has 1 heteroatoms. The molecule has 1 unspecified atom stereocenters. The van der Waals surface area contributed by atoms with Gasteiger partial charge in [-0.1, -0.05) is 46.5 Å². The van der Waals surface area contributed by atoms with Gasteiger partial charge in [-0.3, -0.25) is 4.79 Å². The number of ketones is 1. The maximum absolute atomic E-state index is 11.7. The van der Waals surface area contributed by atoms with E-state index in [0.29, 0.717) is 17.1 Å². The van der Waals surface area contributed by atoms with Gasteiger partial charge in [0, 0.05) is 12.3 Å². The zero-order valence-electron chi connectivity index (χ0n) is 9.94. The van der Waals surface area contributed by atoms with Crippen LogP contribution in [0.2, 0.25) is 0 Å². The number of carbonyl (C=O) groups excluding carboxylic acids is 1. The molecule has 1 nitrogen and oxygen atoms in total. The van der Waals surface area contributed by atoms with Gasteiger partial charge in [-0.15, -0.1) is 0 Å². The van der Waals surface area contributed by atoms with E-state index >= 15 is 0 Å². The number of hydrogen-bond acceptors (Lipinski definition) is 1. The highest BCUT2D eigenvalue weighted by Crippen LogP contribution is 2.52. The Balaban J connectivity index is 2.00. The zero-order chi connectivity index (χ0) is 10.6. The van der Waals surface area contributed by atoms with Crippen LogP contribution in [0.25, 0.3) is 0 Å². The molecule has 1 aliphatic carbocycles. The molecule has 14 heavy (non-hydrogen) atoms. The predicted molar refractivity (Wildman–Crippen MR) is 60.3 cm³/mol. The maximum atomic E-state index is 11.7. The fraction of sp³-hybridized carbons (Fsp3) is 0.923. The van der Waals surface area contributed by atoms with Gasteiger partial charge in [-0.2, -0.15) is 0 Å². The second-order valence-electron chi connectivity index (χ2n) is 5.38. The molecule has 0 aromatic carbocycles. The number of hydrogen-bond donors (Lipinski definition) is 0. The molecule has 1 rings (SSSR count). The first kappa shape index (κ1) is 11.7. The summed E-state index contributed by atoms with van der Waals surface area (Å²) in [6, 6.07) is 0. The van der Waals surface area contributed by atoms with Crippen molar-refractivity contribution in [1.29, 1.82) is 0 Å². The molecule has 1 atom stereocenters. The summed E-state index contributed by atoms with van der Waals surface area (Å²) in [6.45, 7) is 6.62. The highest BCUT2D eigenvalue weighted by atomic mass is 16.1. The Kier molecular flexibility index (Phi) is 4.15. The minimum absolute atomic E-state index is 0.334. The lowest BCUT2D eigenvalue weighted by Gasteiger charge is -2.02. The molecule has 0 aliphatic heterocycles. The van der Waals surface area contributed by atoms with E-state index in [0.717, 1.165) is 19.3 Å². The van der Waals surface area contributed by atoms with Crippen molar-refractivity contribution in [3.63, 3.8) is 0 Å². The predicted octanol–water partition coefficient (Wildman–Crippen LogP) is 3.96. The lowest BCUT2D eigenvalue weighted by atomic mass is 10.0. The maximum Gasteiger partial charge on any atom is 0.136 e. The molecule has 0 radical (unpaired) electrons. The van der Waals surface area contributed by atoms with Crippen molar-refractivity contribution in [1.82, 2.24) is 0 Å². The van der Waals surface area contributed by atoms with Crippen LogP contribution in [0.4, 0.5) is 0 Å². The third kappa shape index (κ3) is 3.43. The van der Waals surface area contributed by atoms with Gasteiger partial charge >= 0.3 is 0 Å². The van der Waals surface area contributed by atoms with Crippen LogP contribution in [0, 0.1) is 11.3 Å². The van der Waals surface area contributed by atoms with Crippen LogP contribution < -0.4 is 0 Å². The highest BCUT2D eigenvalue weighted by molar-refractivity contribution is 5.84. The molecule has 0 amide bonds. The van der Waals surface area contributed by atoms with Gasteiger partial charge in [0.15, 0.2) is 0 Å². The largest absolute Gasteiger partial charge is 0.299 e. The summed E-state index contributed by atoms with van der Waals surface area (Å²) in [4.78, 5) is 11.7. The van der Waals surface area contributed by atoms with Crippen molar-refractivity contribution in [2.45, 2.75) is 65.7 Å². The topological polar surface area (TPSA) is 17.1 Å². The fourth-order valence-electron chi connectivity index (χ4n) is 2.09. The Bertz CT molecular complexity index is 193. The van der Waals surface area contributed by atoms with Crippen LogP contribution in [0.15, 0.2) is 0 Å². The first-order chi connectivity index (χ1) is 6.58. The molecule has 0 saturated heterocycles. The van der Waals surface area contributed by atoms with E-state index in [1.165, 1.54) is 25.7 Å². The molecule has 0 aromatic rings. The number of rotatable bonds is 7. The molecule has 0 spiro atoms. The molecule has 0 bridgehead atoms. The molecular weight excluding hydrogens is 172 g/mol. The van der Waals surface area contributed by atoms with E-state index in [1.807, 2.05) is 0 Å². The quantitative estimate of drug-likeness (QED) is 0.563. The average molecular weight is 196 g/mol. The van der Waals surface area contributed by atoms with Gasteiger partial charge in [-0.05, 0) is 18.3 Å². The van der Waals surface area contributed by atoms with E-state index in [4.69, 9.17) is 0 Å². The van der Waals surface area contributed by atoms with E-state index in [9.17, 15) is 4.79 Å². The van der Waals surface area contributed by atoms with Crippen LogP contribution in [-0.2, 0) is 4.79 Å². The normalized spacial score (nSPS) is 23.5. The van der Waals surface area contributed by atoms with Gasteiger partial charge in [0.1, 0.15) is 5.78 Å². The van der Waals surface area contributed by atoms with Gasteiger partial charge in [0.2, 0.25) is 0 Å². The molecule has 0 heterocycles. The van der Waals surface area contributed by atoms with Crippen LogP contribution in [0.1, 0.15) is 65.7 Å². The van der Waals surface area contributed by atoms with Gasteiger partial charge in [0.25, 0.3) is 0 Å². The molecule has 1 fully saturated rings. The Morgan fingerprint density at radius 2 is 1.79 bits per heavy atom. The second kappa shape index (κ2) is 4.95. The summed E-state index contributed by atoms with van der Waals surface area (Å²) >= 11 is 0. The molecule has 1 saturated carbocycles.